The summed E-state index contributed by atoms with van der Waals surface area (Å²) in [4.78, 5) is 25.3. The Hall–Kier alpha value is -1.91. The van der Waals surface area contributed by atoms with Gasteiger partial charge in [0.1, 0.15) is 33.6 Å². The molecule has 2 saturated heterocycles. The third-order valence-corrected chi connectivity index (χ3v) is 6.47. The third kappa shape index (κ3) is 2.95. The van der Waals surface area contributed by atoms with E-state index in [4.69, 9.17) is 27.9 Å². The van der Waals surface area contributed by atoms with Crippen LogP contribution in [-0.4, -0.2) is 48.7 Å². The Labute approximate surface area is 163 Å². The van der Waals surface area contributed by atoms with Crippen LogP contribution in [-0.2, 0) is 4.74 Å². The molecule has 2 aromatic rings. The molecule has 12 heteroatoms. The van der Waals surface area contributed by atoms with Crippen molar-refractivity contribution < 1.29 is 32.2 Å². The molecule has 1 N–H and O–H groups in total. The van der Waals surface area contributed by atoms with Gasteiger partial charge in [0.25, 0.3) is 5.91 Å². The highest BCUT2D eigenvalue weighted by molar-refractivity contribution is 7.22. The molecule has 6 nitrogen and oxygen atoms in total. The van der Waals surface area contributed by atoms with E-state index in [1.165, 1.54) is 4.90 Å². The smallest absolute Gasteiger partial charge is 0.407 e. The summed E-state index contributed by atoms with van der Waals surface area (Å²) < 4.78 is 48.3. The molecule has 3 heterocycles. The van der Waals surface area contributed by atoms with Crippen LogP contribution in [0.3, 0.4) is 0 Å². The van der Waals surface area contributed by atoms with Crippen LogP contribution in [0, 0.1) is 5.82 Å². The quantitative estimate of drug-likeness (QED) is 0.785. The topological polar surface area (TPSA) is 67.9 Å². The second kappa shape index (κ2) is 6.32. The molecule has 1 aromatic heterocycles. The van der Waals surface area contributed by atoms with Crippen molar-refractivity contribution in [3.8, 4) is 5.75 Å². The standard InChI is InChI=1S/C15H9Cl2F3N2O4S/c16-8-6(26-13(19)20)1-5(18)7-9(17)11(27-10(7)8)12(23)22-2-15(3-22)4-25-14(24)21-15/h1,13H,2-4H2,(H,21,24). The minimum atomic E-state index is -3.18. The van der Waals surface area contributed by atoms with E-state index in [9.17, 15) is 22.8 Å². The molecular weight excluding hydrogens is 432 g/mol. The lowest BCUT2D eigenvalue weighted by Crippen LogP contribution is -2.69. The fourth-order valence-electron chi connectivity index (χ4n) is 3.10. The van der Waals surface area contributed by atoms with Crippen LogP contribution in [0.2, 0.25) is 10.0 Å². The van der Waals surface area contributed by atoms with E-state index in [0.29, 0.717) is 6.07 Å². The maximum absolute atomic E-state index is 14.3. The summed E-state index contributed by atoms with van der Waals surface area (Å²) in [6, 6.07) is 0.702. The number of amides is 2. The molecule has 1 spiro atoms. The first-order chi connectivity index (χ1) is 12.7. The lowest BCUT2D eigenvalue weighted by molar-refractivity contribution is -0.0498. The van der Waals surface area contributed by atoms with E-state index >= 15 is 0 Å². The molecule has 4 rings (SSSR count). The number of alkyl halides is 2. The van der Waals surface area contributed by atoms with Gasteiger partial charge < -0.3 is 19.7 Å². The lowest BCUT2D eigenvalue weighted by Gasteiger charge is -2.45. The Bertz CT molecular complexity index is 978. The summed E-state index contributed by atoms with van der Waals surface area (Å²) in [6.45, 7) is -2.63. The highest BCUT2D eigenvalue weighted by atomic mass is 35.5. The molecule has 0 aliphatic carbocycles. The summed E-state index contributed by atoms with van der Waals surface area (Å²) in [7, 11) is 0. The van der Waals surface area contributed by atoms with Crippen LogP contribution in [0.5, 0.6) is 5.75 Å². The van der Waals surface area contributed by atoms with Crippen molar-refractivity contribution in [2.24, 2.45) is 0 Å². The van der Waals surface area contributed by atoms with Gasteiger partial charge in [-0.25, -0.2) is 9.18 Å². The summed E-state index contributed by atoms with van der Waals surface area (Å²) >= 11 is 13.0. The number of nitrogens with one attached hydrogen (secondary N) is 1. The summed E-state index contributed by atoms with van der Waals surface area (Å²) in [5, 5.41) is 2.09. The zero-order valence-corrected chi connectivity index (χ0v) is 15.5. The number of benzene rings is 1. The normalized spacial score (nSPS) is 18.0. The Morgan fingerprint density at radius 2 is 2.07 bits per heavy atom. The van der Waals surface area contributed by atoms with Gasteiger partial charge in [-0.2, -0.15) is 8.78 Å². The van der Waals surface area contributed by atoms with Gasteiger partial charge in [0, 0.05) is 24.5 Å². The van der Waals surface area contributed by atoms with E-state index in [0.717, 1.165) is 11.3 Å². The van der Waals surface area contributed by atoms with Gasteiger partial charge in [0.15, 0.2) is 0 Å². The minimum Gasteiger partial charge on any atom is -0.447 e. The second-order valence-corrected chi connectivity index (χ2v) is 7.92. The van der Waals surface area contributed by atoms with E-state index in [1.54, 1.807) is 0 Å². The van der Waals surface area contributed by atoms with Crippen molar-refractivity contribution in [2.75, 3.05) is 19.7 Å². The first kappa shape index (κ1) is 18.5. The highest BCUT2D eigenvalue weighted by Gasteiger charge is 2.51. The highest BCUT2D eigenvalue weighted by Crippen LogP contribution is 2.45. The largest absolute Gasteiger partial charge is 0.447 e. The van der Waals surface area contributed by atoms with Gasteiger partial charge in [0.05, 0.1) is 9.72 Å². The Balaban J connectivity index is 1.66. The molecule has 27 heavy (non-hydrogen) atoms. The monoisotopic (exact) mass is 440 g/mol. The lowest BCUT2D eigenvalue weighted by atomic mass is 9.91. The molecule has 0 unspecified atom stereocenters. The van der Waals surface area contributed by atoms with Gasteiger partial charge >= 0.3 is 12.7 Å². The number of ether oxygens (including phenoxy) is 2. The van der Waals surface area contributed by atoms with E-state index in [-0.39, 0.29) is 44.7 Å². The molecule has 2 amide bonds. The second-order valence-electron chi connectivity index (χ2n) is 6.14. The molecule has 1 aromatic carbocycles. The molecule has 0 radical (unpaired) electrons. The maximum atomic E-state index is 14.3. The molecule has 2 fully saturated rings. The van der Waals surface area contributed by atoms with Crippen molar-refractivity contribution in [1.29, 1.82) is 0 Å². The summed E-state index contributed by atoms with van der Waals surface area (Å²) in [5.41, 5.74) is -0.628. The number of carbonyl (C=O) groups excluding carboxylic acids is 2. The predicted octanol–water partition coefficient (Wildman–Crippen LogP) is 3.88. The van der Waals surface area contributed by atoms with Crippen molar-refractivity contribution in [3.05, 3.63) is 26.8 Å². The molecule has 2 aliphatic rings. The van der Waals surface area contributed by atoms with E-state index in [2.05, 4.69) is 10.1 Å². The van der Waals surface area contributed by atoms with Crippen molar-refractivity contribution >= 4 is 56.6 Å². The average molecular weight is 441 g/mol. The van der Waals surface area contributed by atoms with Crippen molar-refractivity contribution in [1.82, 2.24) is 10.2 Å². The zero-order valence-electron chi connectivity index (χ0n) is 13.2. The van der Waals surface area contributed by atoms with Gasteiger partial charge in [-0.1, -0.05) is 23.2 Å². The molecule has 0 saturated carbocycles. The Kier molecular flexibility index (Phi) is 4.32. The average Bonchev–Trinajstić information content (AvgIpc) is 3.11. The van der Waals surface area contributed by atoms with E-state index in [1.807, 2.05) is 0 Å². The van der Waals surface area contributed by atoms with Gasteiger partial charge in [-0.15, -0.1) is 11.3 Å². The number of nitrogens with zero attached hydrogens (tertiary/aromatic N) is 1. The fraction of sp³-hybridized carbons (Fsp3) is 0.333. The fourth-order valence-corrected chi connectivity index (χ4v) is 4.95. The summed E-state index contributed by atoms with van der Waals surface area (Å²) in [6.07, 6.45) is -0.553. The number of halogens is 5. The number of alkyl carbamates (subject to hydrolysis) is 1. The van der Waals surface area contributed by atoms with Crippen molar-refractivity contribution in [3.63, 3.8) is 0 Å². The third-order valence-electron chi connectivity index (χ3n) is 4.29. The van der Waals surface area contributed by atoms with Gasteiger partial charge in [-0.3, -0.25) is 4.79 Å². The Morgan fingerprint density at radius 3 is 2.67 bits per heavy atom. The zero-order chi connectivity index (χ0) is 19.5. The number of likely N-dealkylation sites (tertiary alicyclic amines) is 1. The molecule has 144 valence electrons. The van der Waals surface area contributed by atoms with Crippen molar-refractivity contribution in [2.45, 2.75) is 12.2 Å². The Morgan fingerprint density at radius 1 is 1.37 bits per heavy atom. The van der Waals surface area contributed by atoms with Crippen LogP contribution >= 0.6 is 34.5 Å². The maximum Gasteiger partial charge on any atom is 0.407 e. The molecule has 0 bridgehead atoms. The van der Waals surface area contributed by atoms with Gasteiger partial charge in [-0.05, 0) is 0 Å². The van der Waals surface area contributed by atoms with E-state index < -0.39 is 35.7 Å². The number of hydrogen-bond acceptors (Lipinski definition) is 5. The van der Waals surface area contributed by atoms with Crippen LogP contribution in [0.1, 0.15) is 9.67 Å². The van der Waals surface area contributed by atoms with Crippen LogP contribution < -0.4 is 10.1 Å². The first-order valence-electron chi connectivity index (χ1n) is 7.50. The number of thiophene rings is 1. The number of hydrogen-bond donors (Lipinski definition) is 1. The van der Waals surface area contributed by atoms with Gasteiger partial charge in [0.2, 0.25) is 0 Å². The first-order valence-corrected chi connectivity index (χ1v) is 9.07. The number of carbonyl (C=O) groups is 2. The molecule has 2 aliphatic heterocycles. The number of fused-ring (bicyclic) bond motifs is 1. The summed E-state index contributed by atoms with van der Waals surface area (Å²) in [5.74, 6) is -1.95. The van der Waals surface area contributed by atoms with Crippen LogP contribution in [0.4, 0.5) is 18.0 Å². The number of cyclic esters (lactones) is 1. The minimum absolute atomic E-state index is 0.0155. The number of rotatable bonds is 3. The molecular formula is C15H9Cl2F3N2O4S. The SMILES string of the molecule is O=C1NC2(CO1)CN(C(=O)c1sc3c(Cl)c(OC(F)F)cc(F)c3c1Cl)C2. The van der Waals surface area contributed by atoms with Crippen LogP contribution in [0.15, 0.2) is 6.07 Å². The molecule has 0 atom stereocenters. The van der Waals surface area contributed by atoms with Crippen LogP contribution in [0.25, 0.3) is 10.1 Å². The predicted molar refractivity (Wildman–Crippen MR) is 91.6 cm³/mol.